The van der Waals surface area contributed by atoms with Gasteiger partial charge in [-0.2, -0.15) is 4.98 Å². The summed E-state index contributed by atoms with van der Waals surface area (Å²) in [5.74, 6) is 3.07. The summed E-state index contributed by atoms with van der Waals surface area (Å²) in [5, 5.41) is 3.37. The molecule has 0 fully saturated rings. The molecule has 0 atom stereocenters. The van der Waals surface area contributed by atoms with Crippen molar-refractivity contribution in [1.29, 1.82) is 0 Å². The van der Waals surface area contributed by atoms with Gasteiger partial charge in [0.15, 0.2) is 11.5 Å². The Bertz CT molecular complexity index is 1010. The molecule has 3 aromatic rings. The number of benzene rings is 2. The minimum Gasteiger partial charge on any atom is -0.493 e. The Hall–Kier alpha value is -3.28. The molecule has 2 heterocycles. The summed E-state index contributed by atoms with van der Waals surface area (Å²) in [5.41, 5.74) is 4.82. The van der Waals surface area contributed by atoms with Crippen molar-refractivity contribution in [3.05, 3.63) is 65.4 Å². The normalized spacial score (nSPS) is 13.0. The number of aryl methyl sites for hydroxylation is 1. The zero-order valence-corrected chi connectivity index (χ0v) is 17.1. The Labute approximate surface area is 171 Å². The molecule has 29 heavy (non-hydrogen) atoms. The van der Waals surface area contributed by atoms with Crippen LogP contribution < -0.4 is 19.7 Å². The average Bonchev–Trinajstić information content (AvgIpc) is 2.78. The van der Waals surface area contributed by atoms with Crippen molar-refractivity contribution in [1.82, 2.24) is 9.97 Å². The topological polar surface area (TPSA) is 59.5 Å². The summed E-state index contributed by atoms with van der Waals surface area (Å²) in [6.45, 7) is 3.81. The highest BCUT2D eigenvalue weighted by Crippen LogP contribution is 2.34. The summed E-state index contributed by atoms with van der Waals surface area (Å²) >= 11 is 0. The van der Waals surface area contributed by atoms with Crippen LogP contribution in [0.2, 0.25) is 0 Å². The predicted molar refractivity (Wildman–Crippen MR) is 115 cm³/mol. The Morgan fingerprint density at radius 1 is 1.03 bits per heavy atom. The first-order chi connectivity index (χ1) is 14.2. The van der Waals surface area contributed by atoms with Gasteiger partial charge in [-0.1, -0.05) is 25.1 Å². The smallest absolute Gasteiger partial charge is 0.229 e. The SMILES string of the molecule is CCc1ccccc1Nc1nccc(N2CCc3cc(OC)c(OC)cc3C2)n1. The molecule has 0 bridgehead atoms. The van der Waals surface area contributed by atoms with Crippen LogP contribution in [0.5, 0.6) is 11.5 Å². The molecule has 150 valence electrons. The maximum absolute atomic E-state index is 5.47. The van der Waals surface area contributed by atoms with Gasteiger partial charge in [0.05, 0.1) is 14.2 Å². The maximum atomic E-state index is 5.47. The van der Waals surface area contributed by atoms with E-state index in [2.05, 4.69) is 52.5 Å². The van der Waals surface area contributed by atoms with Crippen molar-refractivity contribution in [3.8, 4) is 11.5 Å². The van der Waals surface area contributed by atoms with Crippen LogP contribution in [-0.2, 0) is 19.4 Å². The van der Waals surface area contributed by atoms with E-state index < -0.39 is 0 Å². The first kappa shape index (κ1) is 19.1. The maximum Gasteiger partial charge on any atom is 0.229 e. The van der Waals surface area contributed by atoms with E-state index in [1.165, 1.54) is 16.7 Å². The van der Waals surface area contributed by atoms with Crippen LogP contribution in [0.25, 0.3) is 0 Å². The molecule has 0 radical (unpaired) electrons. The van der Waals surface area contributed by atoms with E-state index in [9.17, 15) is 0 Å². The highest BCUT2D eigenvalue weighted by Gasteiger charge is 2.21. The van der Waals surface area contributed by atoms with Gasteiger partial charge in [0.2, 0.25) is 5.95 Å². The minimum atomic E-state index is 0.613. The van der Waals surface area contributed by atoms with Gasteiger partial charge in [0.25, 0.3) is 0 Å². The minimum absolute atomic E-state index is 0.613. The zero-order valence-electron chi connectivity index (χ0n) is 17.1. The van der Waals surface area contributed by atoms with E-state index in [1.54, 1.807) is 14.2 Å². The summed E-state index contributed by atoms with van der Waals surface area (Å²) in [4.78, 5) is 11.4. The molecule has 0 saturated heterocycles. The molecule has 0 spiro atoms. The summed E-state index contributed by atoms with van der Waals surface area (Å²) < 4.78 is 10.9. The Morgan fingerprint density at radius 3 is 2.55 bits per heavy atom. The fourth-order valence-electron chi connectivity index (χ4n) is 3.74. The third-order valence-electron chi connectivity index (χ3n) is 5.33. The standard InChI is InChI=1S/C23H26N4O2/c1-4-16-7-5-6-8-19(16)25-23-24-11-9-22(26-23)27-12-10-17-13-20(28-2)21(29-3)14-18(17)15-27/h5-9,11,13-14H,4,10,12,15H2,1-3H3,(H,24,25,26). The van der Waals surface area contributed by atoms with Gasteiger partial charge in [-0.25, -0.2) is 4.98 Å². The monoisotopic (exact) mass is 390 g/mol. The van der Waals surface area contributed by atoms with E-state index >= 15 is 0 Å². The van der Waals surface area contributed by atoms with Gasteiger partial charge in [-0.15, -0.1) is 0 Å². The molecule has 1 aliphatic rings. The molecule has 0 unspecified atom stereocenters. The lowest BCUT2D eigenvalue weighted by atomic mass is 9.99. The number of hydrogen-bond donors (Lipinski definition) is 1. The number of fused-ring (bicyclic) bond motifs is 1. The van der Waals surface area contributed by atoms with Crippen LogP contribution in [0.1, 0.15) is 23.6 Å². The molecule has 1 aromatic heterocycles. The Kier molecular flexibility index (Phi) is 5.51. The predicted octanol–water partition coefficient (Wildman–Crippen LogP) is 4.36. The van der Waals surface area contributed by atoms with Gasteiger partial charge in [0.1, 0.15) is 5.82 Å². The van der Waals surface area contributed by atoms with Crippen LogP contribution in [0.3, 0.4) is 0 Å². The first-order valence-corrected chi connectivity index (χ1v) is 9.88. The van der Waals surface area contributed by atoms with Crippen molar-refractivity contribution in [2.24, 2.45) is 0 Å². The lowest BCUT2D eigenvalue weighted by Gasteiger charge is -2.30. The van der Waals surface area contributed by atoms with Crippen LogP contribution in [0.4, 0.5) is 17.5 Å². The molecule has 6 nitrogen and oxygen atoms in total. The highest BCUT2D eigenvalue weighted by molar-refractivity contribution is 5.60. The Morgan fingerprint density at radius 2 is 1.79 bits per heavy atom. The van der Waals surface area contributed by atoms with E-state index in [1.807, 2.05) is 18.3 Å². The van der Waals surface area contributed by atoms with Crippen molar-refractivity contribution < 1.29 is 9.47 Å². The van der Waals surface area contributed by atoms with E-state index in [4.69, 9.17) is 14.5 Å². The van der Waals surface area contributed by atoms with Crippen LogP contribution >= 0.6 is 0 Å². The lowest BCUT2D eigenvalue weighted by molar-refractivity contribution is 0.353. The Balaban J connectivity index is 1.56. The third-order valence-corrected chi connectivity index (χ3v) is 5.33. The van der Waals surface area contributed by atoms with Gasteiger partial charge in [0, 0.05) is 25.0 Å². The first-order valence-electron chi connectivity index (χ1n) is 9.88. The molecule has 0 amide bonds. The van der Waals surface area contributed by atoms with Gasteiger partial charge < -0.3 is 19.7 Å². The fraction of sp³-hybridized carbons (Fsp3) is 0.304. The molecule has 1 aliphatic heterocycles. The molecule has 0 aliphatic carbocycles. The number of nitrogens with one attached hydrogen (secondary N) is 1. The van der Waals surface area contributed by atoms with Gasteiger partial charge in [-0.3, -0.25) is 0 Å². The molecular weight excluding hydrogens is 364 g/mol. The van der Waals surface area contributed by atoms with E-state index in [0.29, 0.717) is 5.95 Å². The van der Waals surface area contributed by atoms with Crippen molar-refractivity contribution in [3.63, 3.8) is 0 Å². The van der Waals surface area contributed by atoms with Crippen LogP contribution in [-0.4, -0.2) is 30.7 Å². The largest absolute Gasteiger partial charge is 0.493 e. The van der Waals surface area contributed by atoms with Crippen molar-refractivity contribution >= 4 is 17.5 Å². The van der Waals surface area contributed by atoms with E-state index in [-0.39, 0.29) is 0 Å². The molecule has 0 saturated carbocycles. The molecule has 6 heteroatoms. The third kappa shape index (κ3) is 3.97. The van der Waals surface area contributed by atoms with Crippen molar-refractivity contribution in [2.75, 3.05) is 31.0 Å². The number of aromatic nitrogens is 2. The molecule has 1 N–H and O–H groups in total. The second-order valence-corrected chi connectivity index (χ2v) is 7.02. The fourth-order valence-corrected chi connectivity index (χ4v) is 3.74. The highest BCUT2D eigenvalue weighted by atomic mass is 16.5. The number of para-hydroxylation sites is 1. The summed E-state index contributed by atoms with van der Waals surface area (Å²) in [6.07, 6.45) is 3.70. The number of ether oxygens (including phenoxy) is 2. The molecule has 2 aromatic carbocycles. The van der Waals surface area contributed by atoms with E-state index in [0.717, 1.165) is 48.9 Å². The summed E-state index contributed by atoms with van der Waals surface area (Å²) in [6, 6.07) is 14.4. The molecular formula is C23H26N4O2. The quantitative estimate of drug-likeness (QED) is 0.675. The number of nitrogens with zero attached hydrogens (tertiary/aromatic N) is 3. The average molecular weight is 390 g/mol. The zero-order chi connectivity index (χ0) is 20.2. The number of methoxy groups -OCH3 is 2. The van der Waals surface area contributed by atoms with Crippen molar-refractivity contribution in [2.45, 2.75) is 26.3 Å². The second kappa shape index (κ2) is 8.39. The lowest BCUT2D eigenvalue weighted by Crippen LogP contribution is -2.31. The second-order valence-electron chi connectivity index (χ2n) is 7.02. The number of rotatable bonds is 6. The van der Waals surface area contributed by atoms with Crippen LogP contribution in [0.15, 0.2) is 48.7 Å². The number of anilines is 3. The van der Waals surface area contributed by atoms with Gasteiger partial charge in [-0.05, 0) is 53.8 Å². The summed E-state index contributed by atoms with van der Waals surface area (Å²) in [7, 11) is 3.34. The van der Waals surface area contributed by atoms with Gasteiger partial charge >= 0.3 is 0 Å². The molecule has 4 rings (SSSR count). The van der Waals surface area contributed by atoms with Crippen LogP contribution in [0, 0.1) is 0 Å². The number of hydrogen-bond acceptors (Lipinski definition) is 6.